The molecule has 0 saturated heterocycles. The van der Waals surface area contributed by atoms with Crippen molar-refractivity contribution in [2.24, 2.45) is 0 Å². The smallest absolute Gasteiger partial charge is 0.232 e. The molecule has 0 atom stereocenters. The van der Waals surface area contributed by atoms with Crippen LogP contribution >= 0.6 is 15.9 Å². The zero-order valence-electron chi connectivity index (χ0n) is 6.49. The topological polar surface area (TPSA) is 43.4 Å². The second-order valence-electron chi connectivity index (χ2n) is 2.44. The van der Waals surface area contributed by atoms with Crippen molar-refractivity contribution < 1.29 is 13.6 Å². The summed E-state index contributed by atoms with van der Waals surface area (Å²) in [6.45, 7) is 0. The van der Waals surface area contributed by atoms with Crippen LogP contribution in [-0.4, -0.2) is 5.78 Å². The van der Waals surface area contributed by atoms with E-state index in [4.69, 9.17) is 8.83 Å². The lowest BCUT2D eigenvalue weighted by molar-refractivity contribution is 0.101. The number of ketones is 1. The van der Waals surface area contributed by atoms with Gasteiger partial charge in [-0.25, -0.2) is 0 Å². The molecular formula is C9H5BrO3. The summed E-state index contributed by atoms with van der Waals surface area (Å²) >= 11 is 3.21. The van der Waals surface area contributed by atoms with Crippen LogP contribution in [0.5, 0.6) is 0 Å². The summed E-state index contributed by atoms with van der Waals surface area (Å²) < 4.78 is 10.5. The lowest BCUT2D eigenvalue weighted by Gasteiger charge is -1.91. The minimum atomic E-state index is -0.189. The second-order valence-corrected chi connectivity index (χ2v) is 3.29. The molecule has 13 heavy (non-hydrogen) atoms. The highest BCUT2D eigenvalue weighted by Crippen LogP contribution is 2.20. The SMILES string of the molecule is O=C(c1ccoc1)c1occc1Br. The summed E-state index contributed by atoms with van der Waals surface area (Å²) in [6.07, 6.45) is 4.29. The van der Waals surface area contributed by atoms with Crippen LogP contribution in [0.3, 0.4) is 0 Å². The third kappa shape index (κ3) is 1.45. The van der Waals surface area contributed by atoms with Crippen LogP contribution in [0.4, 0.5) is 0 Å². The van der Waals surface area contributed by atoms with E-state index >= 15 is 0 Å². The third-order valence-electron chi connectivity index (χ3n) is 1.61. The van der Waals surface area contributed by atoms with E-state index in [1.165, 1.54) is 18.8 Å². The molecular weight excluding hydrogens is 236 g/mol. The van der Waals surface area contributed by atoms with Gasteiger partial charge in [0, 0.05) is 0 Å². The molecule has 66 valence electrons. The van der Waals surface area contributed by atoms with Gasteiger partial charge in [-0.3, -0.25) is 4.79 Å². The number of carbonyl (C=O) groups excluding carboxylic acids is 1. The zero-order valence-corrected chi connectivity index (χ0v) is 8.08. The van der Waals surface area contributed by atoms with Crippen LogP contribution in [0.15, 0.2) is 44.2 Å². The number of furan rings is 2. The lowest BCUT2D eigenvalue weighted by atomic mass is 10.2. The molecule has 0 aliphatic rings. The Kier molecular flexibility index (Phi) is 2.06. The van der Waals surface area contributed by atoms with E-state index < -0.39 is 0 Å². The predicted octanol–water partition coefficient (Wildman–Crippen LogP) is 2.87. The van der Waals surface area contributed by atoms with E-state index in [-0.39, 0.29) is 5.78 Å². The Morgan fingerprint density at radius 3 is 2.69 bits per heavy atom. The molecule has 0 fully saturated rings. The second kappa shape index (κ2) is 3.22. The number of rotatable bonds is 2. The van der Waals surface area contributed by atoms with Crippen molar-refractivity contribution in [3.05, 3.63) is 46.7 Å². The maximum Gasteiger partial charge on any atom is 0.232 e. The van der Waals surface area contributed by atoms with Gasteiger partial charge in [-0.15, -0.1) is 0 Å². The van der Waals surface area contributed by atoms with Crippen LogP contribution in [0.25, 0.3) is 0 Å². The van der Waals surface area contributed by atoms with Gasteiger partial charge < -0.3 is 8.83 Å². The van der Waals surface area contributed by atoms with Crippen molar-refractivity contribution in [2.45, 2.75) is 0 Å². The predicted molar refractivity (Wildman–Crippen MR) is 48.5 cm³/mol. The lowest BCUT2D eigenvalue weighted by Crippen LogP contribution is -1.97. The summed E-state index contributed by atoms with van der Waals surface area (Å²) in [6, 6.07) is 3.27. The standard InChI is InChI=1S/C9H5BrO3/c10-7-2-4-13-9(7)8(11)6-1-3-12-5-6/h1-5H. The molecule has 0 bridgehead atoms. The fraction of sp³-hybridized carbons (Fsp3) is 0. The molecule has 0 amide bonds. The molecule has 0 aromatic carbocycles. The molecule has 0 aliphatic heterocycles. The van der Waals surface area contributed by atoms with E-state index in [2.05, 4.69) is 15.9 Å². The number of hydrogen-bond acceptors (Lipinski definition) is 3. The Labute approximate surface area is 82.5 Å². The molecule has 2 aromatic heterocycles. The van der Waals surface area contributed by atoms with Crippen molar-refractivity contribution in [3.63, 3.8) is 0 Å². The van der Waals surface area contributed by atoms with E-state index in [9.17, 15) is 4.79 Å². The van der Waals surface area contributed by atoms with Gasteiger partial charge in [0.1, 0.15) is 6.26 Å². The van der Waals surface area contributed by atoms with E-state index in [1.807, 2.05) is 0 Å². The molecule has 2 aromatic rings. The average Bonchev–Trinajstić information content (AvgIpc) is 2.72. The van der Waals surface area contributed by atoms with Gasteiger partial charge in [-0.1, -0.05) is 0 Å². The highest BCUT2D eigenvalue weighted by molar-refractivity contribution is 9.10. The monoisotopic (exact) mass is 240 g/mol. The van der Waals surface area contributed by atoms with Crippen molar-refractivity contribution >= 4 is 21.7 Å². The summed E-state index contributed by atoms with van der Waals surface area (Å²) in [5, 5.41) is 0. The van der Waals surface area contributed by atoms with Crippen LogP contribution in [0.2, 0.25) is 0 Å². The van der Waals surface area contributed by atoms with Gasteiger partial charge in [0.25, 0.3) is 0 Å². The van der Waals surface area contributed by atoms with Gasteiger partial charge >= 0.3 is 0 Å². The van der Waals surface area contributed by atoms with Crippen molar-refractivity contribution in [1.82, 2.24) is 0 Å². The Hall–Kier alpha value is -1.29. The van der Waals surface area contributed by atoms with Crippen molar-refractivity contribution in [2.75, 3.05) is 0 Å². The quantitative estimate of drug-likeness (QED) is 0.759. The summed E-state index contributed by atoms with van der Waals surface area (Å²) in [4.78, 5) is 11.6. The minimum Gasteiger partial charge on any atom is -0.472 e. The van der Waals surface area contributed by atoms with Gasteiger partial charge in [0.2, 0.25) is 5.78 Å². The summed E-state index contributed by atoms with van der Waals surface area (Å²) in [7, 11) is 0. The van der Waals surface area contributed by atoms with Crippen LogP contribution < -0.4 is 0 Å². The molecule has 4 heteroatoms. The first-order chi connectivity index (χ1) is 6.29. The Morgan fingerprint density at radius 1 is 1.31 bits per heavy atom. The molecule has 0 saturated carbocycles. The maximum absolute atomic E-state index is 11.6. The van der Waals surface area contributed by atoms with Crippen LogP contribution in [-0.2, 0) is 0 Å². The van der Waals surface area contributed by atoms with Gasteiger partial charge in [-0.2, -0.15) is 0 Å². The van der Waals surface area contributed by atoms with Crippen LogP contribution in [0.1, 0.15) is 16.1 Å². The Balaban J connectivity index is 2.39. The maximum atomic E-state index is 11.6. The van der Waals surface area contributed by atoms with E-state index in [0.29, 0.717) is 15.8 Å². The number of halogens is 1. The molecule has 0 radical (unpaired) electrons. The van der Waals surface area contributed by atoms with E-state index in [0.717, 1.165) is 0 Å². The molecule has 2 heterocycles. The summed E-state index contributed by atoms with van der Waals surface area (Å²) in [5.41, 5.74) is 0.482. The molecule has 0 unspecified atom stereocenters. The summed E-state index contributed by atoms with van der Waals surface area (Å²) in [5.74, 6) is 0.104. The van der Waals surface area contributed by atoms with Gasteiger partial charge in [0.05, 0.1) is 22.6 Å². The van der Waals surface area contributed by atoms with E-state index in [1.54, 1.807) is 12.1 Å². The average molecular weight is 241 g/mol. The molecule has 0 N–H and O–H groups in total. The van der Waals surface area contributed by atoms with Crippen molar-refractivity contribution in [1.29, 1.82) is 0 Å². The highest BCUT2D eigenvalue weighted by atomic mass is 79.9. The molecule has 3 nitrogen and oxygen atoms in total. The number of carbonyl (C=O) groups is 1. The minimum absolute atomic E-state index is 0.189. The first kappa shape index (κ1) is 8.31. The van der Waals surface area contributed by atoms with Crippen molar-refractivity contribution in [3.8, 4) is 0 Å². The molecule has 0 spiro atoms. The molecule has 0 aliphatic carbocycles. The van der Waals surface area contributed by atoms with Gasteiger partial charge in [0.15, 0.2) is 5.76 Å². The largest absolute Gasteiger partial charge is 0.472 e. The first-order valence-corrected chi connectivity index (χ1v) is 4.38. The first-order valence-electron chi connectivity index (χ1n) is 3.59. The van der Waals surface area contributed by atoms with Gasteiger partial charge in [-0.05, 0) is 28.1 Å². The third-order valence-corrected chi connectivity index (χ3v) is 2.23. The highest BCUT2D eigenvalue weighted by Gasteiger charge is 2.16. The normalized spacial score (nSPS) is 10.2. The Bertz CT molecular complexity index is 414. The Morgan fingerprint density at radius 2 is 2.15 bits per heavy atom. The number of hydrogen-bond donors (Lipinski definition) is 0. The zero-order chi connectivity index (χ0) is 9.26. The van der Waals surface area contributed by atoms with Crippen LogP contribution in [0, 0.1) is 0 Å². The fourth-order valence-corrected chi connectivity index (χ4v) is 1.36. The molecule has 2 rings (SSSR count). The fourth-order valence-electron chi connectivity index (χ4n) is 0.981.